The van der Waals surface area contributed by atoms with E-state index in [9.17, 15) is 4.79 Å². The molecule has 0 bridgehead atoms. The molecule has 0 radical (unpaired) electrons. The van der Waals surface area contributed by atoms with Crippen LogP contribution in [0.2, 0.25) is 0 Å². The minimum atomic E-state index is -0.256. The molecular weight excluding hydrogens is 256 g/mol. The summed E-state index contributed by atoms with van der Waals surface area (Å²) in [6.07, 6.45) is 3.50. The highest BCUT2D eigenvalue weighted by Gasteiger charge is 2.14. The largest absolute Gasteiger partial charge is 0.497 e. The summed E-state index contributed by atoms with van der Waals surface area (Å²) >= 11 is 0. The molecule has 20 heavy (non-hydrogen) atoms. The standard InChI is InChI=1S/C16H22O4/c1-4-5-6-15(11-16(17)19-3)20-12-13-7-9-14(18-2)10-8-13/h4,7-10,15H,1,5-6,11-12H2,2-3H3. The van der Waals surface area contributed by atoms with Gasteiger partial charge in [0.25, 0.3) is 0 Å². The lowest BCUT2D eigenvalue weighted by Crippen LogP contribution is -2.18. The molecule has 0 aliphatic rings. The van der Waals surface area contributed by atoms with Crippen LogP contribution in [-0.4, -0.2) is 26.3 Å². The second-order valence-electron chi connectivity index (χ2n) is 4.43. The molecule has 1 rings (SSSR count). The first kappa shape index (κ1) is 16.2. The number of methoxy groups -OCH3 is 2. The Kier molecular flexibility index (Phi) is 7.43. The van der Waals surface area contributed by atoms with Gasteiger partial charge in [0, 0.05) is 0 Å². The molecule has 1 aromatic carbocycles. The van der Waals surface area contributed by atoms with Gasteiger partial charge in [-0.2, -0.15) is 0 Å². The van der Waals surface area contributed by atoms with Crippen molar-refractivity contribution in [1.29, 1.82) is 0 Å². The maximum Gasteiger partial charge on any atom is 0.308 e. The van der Waals surface area contributed by atoms with Gasteiger partial charge in [0.05, 0.1) is 33.4 Å². The van der Waals surface area contributed by atoms with E-state index in [1.54, 1.807) is 7.11 Å². The van der Waals surface area contributed by atoms with Crippen molar-refractivity contribution in [2.45, 2.75) is 32.0 Å². The third kappa shape index (κ3) is 5.89. The minimum absolute atomic E-state index is 0.150. The molecular formula is C16H22O4. The van der Waals surface area contributed by atoms with Crippen LogP contribution in [0.1, 0.15) is 24.8 Å². The number of benzene rings is 1. The maximum atomic E-state index is 11.3. The summed E-state index contributed by atoms with van der Waals surface area (Å²) in [6.45, 7) is 4.14. The zero-order valence-electron chi connectivity index (χ0n) is 12.1. The first-order valence-corrected chi connectivity index (χ1v) is 6.61. The van der Waals surface area contributed by atoms with Gasteiger partial charge in [0.2, 0.25) is 0 Å². The molecule has 110 valence electrons. The molecule has 0 saturated carbocycles. The highest BCUT2D eigenvalue weighted by Crippen LogP contribution is 2.15. The second kappa shape index (κ2) is 9.15. The van der Waals surface area contributed by atoms with E-state index >= 15 is 0 Å². The summed E-state index contributed by atoms with van der Waals surface area (Å²) in [7, 11) is 3.02. The molecule has 0 N–H and O–H groups in total. The molecule has 1 atom stereocenters. The average molecular weight is 278 g/mol. The first-order valence-electron chi connectivity index (χ1n) is 6.61. The van der Waals surface area contributed by atoms with Crippen molar-refractivity contribution in [3.63, 3.8) is 0 Å². The lowest BCUT2D eigenvalue weighted by Gasteiger charge is -2.16. The highest BCUT2D eigenvalue weighted by molar-refractivity contribution is 5.69. The van der Waals surface area contributed by atoms with Gasteiger partial charge in [-0.05, 0) is 30.5 Å². The van der Waals surface area contributed by atoms with Crippen molar-refractivity contribution in [1.82, 2.24) is 0 Å². The zero-order valence-corrected chi connectivity index (χ0v) is 12.1. The Morgan fingerprint density at radius 3 is 2.55 bits per heavy atom. The zero-order chi connectivity index (χ0) is 14.8. The number of allylic oxidation sites excluding steroid dienone is 1. The van der Waals surface area contributed by atoms with Gasteiger partial charge in [0.15, 0.2) is 0 Å². The molecule has 0 amide bonds. The monoisotopic (exact) mass is 278 g/mol. The molecule has 4 heteroatoms. The van der Waals surface area contributed by atoms with Gasteiger partial charge in [-0.1, -0.05) is 18.2 Å². The van der Waals surface area contributed by atoms with Crippen LogP contribution in [0.4, 0.5) is 0 Å². The van der Waals surface area contributed by atoms with Crippen LogP contribution >= 0.6 is 0 Å². The van der Waals surface area contributed by atoms with E-state index in [1.165, 1.54) is 7.11 Å². The summed E-state index contributed by atoms with van der Waals surface area (Å²) in [6, 6.07) is 7.67. The quantitative estimate of drug-likeness (QED) is 0.514. The molecule has 0 aliphatic heterocycles. The van der Waals surface area contributed by atoms with Crippen LogP contribution in [0.15, 0.2) is 36.9 Å². The number of hydrogen-bond acceptors (Lipinski definition) is 4. The Morgan fingerprint density at radius 2 is 2.00 bits per heavy atom. The summed E-state index contributed by atoms with van der Waals surface area (Å²) in [5.74, 6) is 0.556. The third-order valence-electron chi connectivity index (χ3n) is 2.96. The molecule has 1 aromatic rings. The second-order valence-corrected chi connectivity index (χ2v) is 4.43. The highest BCUT2D eigenvalue weighted by atomic mass is 16.5. The predicted octanol–water partition coefficient (Wildman–Crippen LogP) is 3.11. The number of rotatable bonds is 9. The van der Waals surface area contributed by atoms with E-state index in [2.05, 4.69) is 11.3 Å². The van der Waals surface area contributed by atoms with Crippen LogP contribution < -0.4 is 4.74 Å². The van der Waals surface area contributed by atoms with Crippen molar-refractivity contribution in [3.8, 4) is 5.75 Å². The molecule has 0 saturated heterocycles. The van der Waals surface area contributed by atoms with E-state index in [4.69, 9.17) is 9.47 Å². The lowest BCUT2D eigenvalue weighted by atomic mass is 10.1. The number of carbonyl (C=O) groups is 1. The Morgan fingerprint density at radius 1 is 1.30 bits per heavy atom. The topological polar surface area (TPSA) is 44.8 Å². The van der Waals surface area contributed by atoms with E-state index in [0.717, 1.165) is 24.2 Å². The van der Waals surface area contributed by atoms with E-state index in [1.807, 2.05) is 30.3 Å². The number of esters is 1. The summed E-state index contributed by atoms with van der Waals surface area (Å²) in [5.41, 5.74) is 1.04. The van der Waals surface area contributed by atoms with E-state index < -0.39 is 0 Å². The molecule has 0 fully saturated rings. The van der Waals surface area contributed by atoms with Crippen molar-refractivity contribution in [2.24, 2.45) is 0 Å². The number of hydrogen-bond donors (Lipinski definition) is 0. The summed E-state index contributed by atoms with van der Waals surface area (Å²) in [5, 5.41) is 0. The molecule has 4 nitrogen and oxygen atoms in total. The van der Waals surface area contributed by atoms with Crippen LogP contribution in [0.3, 0.4) is 0 Å². The van der Waals surface area contributed by atoms with Crippen LogP contribution in [0.25, 0.3) is 0 Å². The molecule has 0 aliphatic carbocycles. The van der Waals surface area contributed by atoms with Gasteiger partial charge in [-0.3, -0.25) is 4.79 Å². The van der Waals surface area contributed by atoms with Crippen LogP contribution in [-0.2, 0) is 20.9 Å². The normalized spacial score (nSPS) is 11.7. The number of carbonyl (C=O) groups excluding carboxylic acids is 1. The van der Waals surface area contributed by atoms with Gasteiger partial charge in [-0.25, -0.2) is 0 Å². The Hall–Kier alpha value is -1.81. The Labute approximate surface area is 120 Å². The molecule has 0 aromatic heterocycles. The van der Waals surface area contributed by atoms with Crippen molar-refractivity contribution >= 4 is 5.97 Å². The smallest absolute Gasteiger partial charge is 0.308 e. The van der Waals surface area contributed by atoms with E-state index in [0.29, 0.717) is 6.61 Å². The van der Waals surface area contributed by atoms with Gasteiger partial charge in [-0.15, -0.1) is 6.58 Å². The SMILES string of the molecule is C=CCCC(CC(=O)OC)OCc1ccc(OC)cc1. The predicted molar refractivity (Wildman–Crippen MR) is 77.6 cm³/mol. The summed E-state index contributed by atoms with van der Waals surface area (Å²) < 4.78 is 15.6. The minimum Gasteiger partial charge on any atom is -0.497 e. The van der Waals surface area contributed by atoms with Gasteiger partial charge in [0.1, 0.15) is 5.75 Å². The van der Waals surface area contributed by atoms with Crippen LogP contribution in [0.5, 0.6) is 5.75 Å². The maximum absolute atomic E-state index is 11.3. The fraction of sp³-hybridized carbons (Fsp3) is 0.438. The Bertz CT molecular complexity index is 411. The third-order valence-corrected chi connectivity index (χ3v) is 2.96. The van der Waals surface area contributed by atoms with Crippen LogP contribution in [0, 0.1) is 0 Å². The fourth-order valence-electron chi connectivity index (χ4n) is 1.75. The van der Waals surface area contributed by atoms with Gasteiger partial charge >= 0.3 is 5.97 Å². The average Bonchev–Trinajstić information content (AvgIpc) is 2.50. The Balaban J connectivity index is 2.50. The van der Waals surface area contributed by atoms with Gasteiger partial charge < -0.3 is 14.2 Å². The fourth-order valence-corrected chi connectivity index (χ4v) is 1.75. The number of ether oxygens (including phenoxy) is 3. The molecule has 1 unspecified atom stereocenters. The van der Waals surface area contributed by atoms with E-state index in [-0.39, 0.29) is 18.5 Å². The van der Waals surface area contributed by atoms with Crippen molar-refractivity contribution in [2.75, 3.05) is 14.2 Å². The molecule has 0 heterocycles. The lowest BCUT2D eigenvalue weighted by molar-refractivity contribution is -0.144. The first-order chi connectivity index (χ1) is 9.69. The summed E-state index contributed by atoms with van der Waals surface area (Å²) in [4.78, 5) is 11.3. The van der Waals surface area contributed by atoms with Crippen molar-refractivity contribution < 1.29 is 19.0 Å². The molecule has 0 spiro atoms. The van der Waals surface area contributed by atoms with Crippen molar-refractivity contribution in [3.05, 3.63) is 42.5 Å².